The van der Waals surface area contributed by atoms with Crippen molar-refractivity contribution in [3.05, 3.63) is 27.6 Å². The maximum Gasteiger partial charge on any atom is 0.266 e. The van der Waals surface area contributed by atoms with Crippen molar-refractivity contribution >= 4 is 27.5 Å². The fourth-order valence-electron chi connectivity index (χ4n) is 1.18. The van der Waals surface area contributed by atoms with Gasteiger partial charge in [-0.2, -0.15) is 4.31 Å². The van der Waals surface area contributed by atoms with Crippen LogP contribution in [0.15, 0.2) is 22.0 Å². The number of halogens is 1. The van der Waals surface area contributed by atoms with Crippen LogP contribution < -0.4 is 5.56 Å². The SMILES string of the molecule is CN(C)C(=O)CN(C)S(=O)(=O)c1c[nH]c(=O)c(Cl)c1. The third kappa shape index (κ3) is 3.55. The van der Waals surface area contributed by atoms with Gasteiger partial charge >= 0.3 is 0 Å². The van der Waals surface area contributed by atoms with E-state index in [2.05, 4.69) is 4.98 Å². The van der Waals surface area contributed by atoms with Crippen molar-refractivity contribution in [2.75, 3.05) is 27.7 Å². The molecule has 0 radical (unpaired) electrons. The van der Waals surface area contributed by atoms with Gasteiger partial charge in [0.2, 0.25) is 15.9 Å². The Morgan fingerprint density at radius 3 is 2.42 bits per heavy atom. The molecule has 1 heterocycles. The number of sulfonamides is 1. The molecule has 0 saturated heterocycles. The van der Waals surface area contributed by atoms with E-state index >= 15 is 0 Å². The smallest absolute Gasteiger partial charge is 0.266 e. The molecule has 0 bridgehead atoms. The first-order chi connectivity index (χ1) is 8.66. The number of aromatic nitrogens is 1. The maximum atomic E-state index is 12.1. The summed E-state index contributed by atoms with van der Waals surface area (Å²) in [4.78, 5) is 25.9. The summed E-state index contributed by atoms with van der Waals surface area (Å²) < 4.78 is 25.1. The summed E-state index contributed by atoms with van der Waals surface area (Å²) in [6, 6.07) is 1.05. The van der Waals surface area contributed by atoms with Gasteiger partial charge in [0.15, 0.2) is 0 Å². The predicted octanol–water partition coefficient (Wildman–Crippen LogP) is -0.263. The summed E-state index contributed by atoms with van der Waals surface area (Å²) in [6.07, 6.45) is 1.04. The number of pyridine rings is 1. The zero-order valence-corrected chi connectivity index (χ0v) is 12.2. The predicted molar refractivity (Wildman–Crippen MR) is 70.6 cm³/mol. The van der Waals surface area contributed by atoms with E-state index in [1.165, 1.54) is 26.0 Å². The van der Waals surface area contributed by atoms with Crippen molar-refractivity contribution in [1.29, 1.82) is 0 Å². The summed E-state index contributed by atoms with van der Waals surface area (Å²) in [5.74, 6) is -0.360. The Morgan fingerprint density at radius 1 is 1.37 bits per heavy atom. The highest BCUT2D eigenvalue weighted by atomic mass is 35.5. The van der Waals surface area contributed by atoms with Crippen LogP contribution in [-0.2, 0) is 14.8 Å². The molecule has 7 nitrogen and oxygen atoms in total. The quantitative estimate of drug-likeness (QED) is 0.829. The van der Waals surface area contributed by atoms with Crippen LogP contribution in [0.25, 0.3) is 0 Å². The Morgan fingerprint density at radius 2 is 1.95 bits per heavy atom. The molecule has 1 aromatic heterocycles. The fourth-order valence-corrected chi connectivity index (χ4v) is 2.54. The number of carbonyl (C=O) groups is 1. The Balaban J connectivity index is 3.06. The number of hydrogen-bond donors (Lipinski definition) is 1. The van der Waals surface area contributed by atoms with Crippen molar-refractivity contribution in [2.45, 2.75) is 4.90 Å². The van der Waals surface area contributed by atoms with Gasteiger partial charge < -0.3 is 9.88 Å². The maximum absolute atomic E-state index is 12.1. The Labute approximate surface area is 115 Å². The van der Waals surface area contributed by atoms with Crippen LogP contribution in [0.5, 0.6) is 0 Å². The molecule has 1 N–H and O–H groups in total. The van der Waals surface area contributed by atoms with Crippen molar-refractivity contribution in [3.8, 4) is 0 Å². The molecule has 1 aromatic rings. The van der Waals surface area contributed by atoms with E-state index in [0.29, 0.717) is 0 Å². The Bertz CT molecular complexity index is 638. The zero-order valence-electron chi connectivity index (χ0n) is 10.7. The lowest BCUT2D eigenvalue weighted by atomic mass is 10.5. The van der Waals surface area contributed by atoms with E-state index in [1.54, 1.807) is 0 Å². The molecule has 106 valence electrons. The second-order valence-corrected chi connectivity index (χ2v) is 6.51. The van der Waals surface area contributed by atoms with E-state index in [-0.39, 0.29) is 22.4 Å². The van der Waals surface area contributed by atoms with Gasteiger partial charge in [-0.25, -0.2) is 8.42 Å². The Hall–Kier alpha value is -1.38. The van der Waals surface area contributed by atoms with Crippen LogP contribution in [0.3, 0.4) is 0 Å². The molecule has 0 aliphatic rings. The molecular weight excluding hydrogens is 294 g/mol. The van der Waals surface area contributed by atoms with Gasteiger partial charge in [0.1, 0.15) is 5.02 Å². The first-order valence-corrected chi connectivity index (χ1v) is 7.03. The van der Waals surface area contributed by atoms with Gasteiger partial charge in [-0.15, -0.1) is 0 Å². The molecule has 19 heavy (non-hydrogen) atoms. The highest BCUT2D eigenvalue weighted by molar-refractivity contribution is 7.89. The van der Waals surface area contributed by atoms with Gasteiger partial charge in [0, 0.05) is 27.3 Å². The summed E-state index contributed by atoms with van der Waals surface area (Å²) in [5.41, 5.74) is -0.576. The molecule has 0 aliphatic carbocycles. The summed E-state index contributed by atoms with van der Waals surface area (Å²) in [7, 11) is 0.453. The van der Waals surface area contributed by atoms with Crippen molar-refractivity contribution in [2.24, 2.45) is 0 Å². The number of H-pyrrole nitrogens is 1. The van der Waals surface area contributed by atoms with Crippen molar-refractivity contribution in [3.63, 3.8) is 0 Å². The number of rotatable bonds is 4. The van der Waals surface area contributed by atoms with Crippen molar-refractivity contribution < 1.29 is 13.2 Å². The monoisotopic (exact) mass is 307 g/mol. The molecule has 0 unspecified atom stereocenters. The minimum Gasteiger partial charge on any atom is -0.348 e. The minimum absolute atomic E-state index is 0.175. The number of likely N-dealkylation sites (N-methyl/N-ethyl adjacent to an activating group) is 2. The standard InChI is InChI=1S/C10H14ClN3O4S/c1-13(2)9(15)6-14(3)19(17,18)7-4-8(11)10(16)12-5-7/h4-5H,6H2,1-3H3,(H,12,16). The third-order valence-corrected chi connectivity index (χ3v) is 4.46. The van der Waals surface area contributed by atoms with Crippen molar-refractivity contribution in [1.82, 2.24) is 14.2 Å². The number of carbonyl (C=O) groups excluding carboxylic acids is 1. The number of nitrogens with zero attached hydrogens (tertiary/aromatic N) is 2. The minimum atomic E-state index is -3.88. The first-order valence-electron chi connectivity index (χ1n) is 5.21. The van der Waals surface area contributed by atoms with E-state index < -0.39 is 15.6 Å². The average molecular weight is 308 g/mol. The molecule has 0 aromatic carbocycles. The molecule has 0 fully saturated rings. The van der Waals surface area contributed by atoms with E-state index in [0.717, 1.165) is 16.6 Å². The van der Waals surface area contributed by atoms with E-state index in [1.807, 2.05) is 0 Å². The van der Waals surface area contributed by atoms with Gasteiger partial charge in [0.05, 0.1) is 11.4 Å². The molecule has 0 saturated carbocycles. The lowest BCUT2D eigenvalue weighted by Gasteiger charge is -2.19. The summed E-state index contributed by atoms with van der Waals surface area (Å²) in [6.45, 7) is -0.300. The van der Waals surface area contributed by atoms with Crippen LogP contribution in [0, 0.1) is 0 Å². The largest absolute Gasteiger partial charge is 0.348 e. The molecule has 1 amide bonds. The van der Waals surface area contributed by atoms with Gasteiger partial charge in [-0.3, -0.25) is 9.59 Å². The molecule has 0 atom stereocenters. The highest BCUT2D eigenvalue weighted by Gasteiger charge is 2.24. The van der Waals surface area contributed by atoms with Crippen LogP contribution in [-0.4, -0.2) is 56.2 Å². The molecule has 0 spiro atoms. The molecule has 9 heteroatoms. The number of hydrogen-bond acceptors (Lipinski definition) is 4. The van der Waals surface area contributed by atoms with Gasteiger partial charge in [0.25, 0.3) is 5.56 Å². The lowest BCUT2D eigenvalue weighted by molar-refractivity contribution is -0.128. The topological polar surface area (TPSA) is 90.6 Å². The van der Waals surface area contributed by atoms with E-state index in [4.69, 9.17) is 11.6 Å². The normalized spacial score (nSPS) is 11.6. The lowest BCUT2D eigenvalue weighted by Crippen LogP contribution is -2.37. The highest BCUT2D eigenvalue weighted by Crippen LogP contribution is 2.15. The first kappa shape index (κ1) is 15.7. The summed E-state index contributed by atoms with van der Waals surface area (Å²) >= 11 is 5.58. The van der Waals surface area contributed by atoms with Crippen LogP contribution >= 0.6 is 11.6 Å². The second kappa shape index (κ2) is 5.72. The van der Waals surface area contributed by atoms with Crippen LogP contribution in [0.2, 0.25) is 5.02 Å². The fraction of sp³-hybridized carbons (Fsp3) is 0.400. The summed E-state index contributed by atoms with van der Waals surface area (Å²) in [5, 5.41) is -0.228. The molecule has 0 aliphatic heterocycles. The van der Waals surface area contributed by atoms with Crippen LogP contribution in [0.1, 0.15) is 0 Å². The second-order valence-electron chi connectivity index (χ2n) is 4.06. The Kier molecular flexibility index (Phi) is 4.72. The number of amides is 1. The van der Waals surface area contributed by atoms with Gasteiger partial charge in [-0.05, 0) is 6.07 Å². The average Bonchev–Trinajstić information content (AvgIpc) is 2.32. The third-order valence-electron chi connectivity index (χ3n) is 2.40. The molecule has 1 rings (SSSR count). The number of nitrogens with one attached hydrogen (secondary N) is 1. The molecular formula is C10H14ClN3O4S. The number of aromatic amines is 1. The van der Waals surface area contributed by atoms with Gasteiger partial charge in [-0.1, -0.05) is 11.6 Å². The van der Waals surface area contributed by atoms with E-state index in [9.17, 15) is 18.0 Å². The zero-order chi connectivity index (χ0) is 14.8. The van der Waals surface area contributed by atoms with Crippen LogP contribution in [0.4, 0.5) is 0 Å².